The van der Waals surface area contributed by atoms with E-state index < -0.39 is 67.2 Å². The van der Waals surface area contributed by atoms with Crippen molar-refractivity contribution in [3.8, 4) is 11.3 Å². The van der Waals surface area contributed by atoms with Crippen LogP contribution in [0.25, 0.3) is 22.2 Å². The van der Waals surface area contributed by atoms with E-state index >= 15 is 4.39 Å². The predicted octanol–water partition coefficient (Wildman–Crippen LogP) is 7.43. The van der Waals surface area contributed by atoms with Crippen LogP contribution in [0.15, 0.2) is 53.6 Å². The van der Waals surface area contributed by atoms with E-state index in [-0.39, 0.29) is 17.0 Å². The minimum Gasteiger partial charge on any atom is -0.365 e. The maximum atomic E-state index is 15.1. The third-order valence-corrected chi connectivity index (χ3v) is 8.52. The molecule has 1 saturated carbocycles. The maximum Gasteiger partial charge on any atom is 0.418 e. The van der Waals surface area contributed by atoms with Gasteiger partial charge >= 0.3 is 6.18 Å². The molecule has 5 nitrogen and oxygen atoms in total. The van der Waals surface area contributed by atoms with Crippen LogP contribution in [0, 0.1) is 24.4 Å². The summed E-state index contributed by atoms with van der Waals surface area (Å²) in [5.74, 6) is -4.14. The van der Waals surface area contributed by atoms with Gasteiger partial charge in [0.1, 0.15) is 11.3 Å². The summed E-state index contributed by atoms with van der Waals surface area (Å²) in [6.45, 7) is 1.72. The lowest BCUT2D eigenvalue weighted by atomic mass is 9.95. The van der Waals surface area contributed by atoms with E-state index in [4.69, 9.17) is 0 Å². The van der Waals surface area contributed by atoms with Gasteiger partial charge in [-0.25, -0.2) is 30.5 Å². The van der Waals surface area contributed by atoms with Gasteiger partial charge in [0.25, 0.3) is 10.0 Å². The largest absolute Gasteiger partial charge is 0.418 e. The van der Waals surface area contributed by atoms with Crippen molar-refractivity contribution >= 4 is 26.7 Å². The molecule has 0 atom stereocenters. The summed E-state index contributed by atoms with van der Waals surface area (Å²) >= 11 is 0. The summed E-state index contributed by atoms with van der Waals surface area (Å²) in [6, 6.07) is 6.75. The SMILES string of the molecule is Cc1ccc(S(=O)(=O)n2cc(-c3nc(NC4CCCCC4)c(F)cc3C(F)(F)F)c3cc(F)cc(F)c32)cc1. The van der Waals surface area contributed by atoms with Crippen LogP contribution in [-0.4, -0.2) is 23.4 Å². The van der Waals surface area contributed by atoms with E-state index in [0.29, 0.717) is 22.9 Å². The number of anilines is 1. The van der Waals surface area contributed by atoms with Gasteiger partial charge in [0, 0.05) is 29.3 Å². The van der Waals surface area contributed by atoms with E-state index in [1.54, 1.807) is 6.92 Å². The fraction of sp³-hybridized carbons (Fsp3) is 0.296. The van der Waals surface area contributed by atoms with Crippen molar-refractivity contribution in [1.82, 2.24) is 8.96 Å². The lowest BCUT2D eigenvalue weighted by Crippen LogP contribution is -2.24. The fourth-order valence-electron chi connectivity index (χ4n) is 4.90. The zero-order valence-electron chi connectivity index (χ0n) is 20.6. The van der Waals surface area contributed by atoms with Crippen molar-refractivity contribution in [3.63, 3.8) is 0 Å². The summed E-state index contributed by atoms with van der Waals surface area (Å²) in [7, 11) is -4.54. The Balaban J connectivity index is 1.78. The summed E-state index contributed by atoms with van der Waals surface area (Å²) in [5.41, 5.74) is -2.80. The number of fused-ring (bicyclic) bond motifs is 1. The molecule has 0 bridgehead atoms. The number of alkyl halides is 3. The van der Waals surface area contributed by atoms with E-state index in [1.807, 2.05) is 0 Å². The Morgan fingerprint density at radius 2 is 1.62 bits per heavy atom. The van der Waals surface area contributed by atoms with Gasteiger partial charge in [-0.15, -0.1) is 0 Å². The van der Waals surface area contributed by atoms with Crippen molar-refractivity contribution < 1.29 is 34.8 Å². The molecule has 2 aromatic carbocycles. The lowest BCUT2D eigenvalue weighted by Gasteiger charge is -2.24. The van der Waals surface area contributed by atoms with Gasteiger partial charge in [-0.2, -0.15) is 13.2 Å². The van der Waals surface area contributed by atoms with Crippen molar-refractivity contribution in [3.05, 3.63) is 77.2 Å². The van der Waals surface area contributed by atoms with E-state index in [0.717, 1.165) is 37.1 Å². The molecule has 0 unspecified atom stereocenters. The molecule has 1 aliphatic carbocycles. The van der Waals surface area contributed by atoms with Gasteiger partial charge in [-0.3, -0.25) is 0 Å². The third-order valence-electron chi connectivity index (χ3n) is 6.85. The van der Waals surface area contributed by atoms with Crippen molar-refractivity contribution in [2.24, 2.45) is 0 Å². The standard InChI is InChI=1S/C27H23F6N3O2S/c1-15-7-9-18(10-8-15)39(37,38)36-14-20(19-11-16(28)12-22(29)25(19)36)24-21(27(31,32)33)13-23(30)26(35-24)34-17-5-3-2-4-6-17/h7-14,17H,2-6H2,1H3,(H,34,35). The zero-order valence-corrected chi connectivity index (χ0v) is 21.4. The van der Waals surface area contributed by atoms with Crippen LogP contribution in [0.5, 0.6) is 0 Å². The highest BCUT2D eigenvalue weighted by molar-refractivity contribution is 7.90. The number of pyridine rings is 1. The molecule has 0 aliphatic heterocycles. The normalized spacial score (nSPS) is 15.2. The summed E-state index contributed by atoms with van der Waals surface area (Å²) in [6.07, 6.45) is -0.307. The van der Waals surface area contributed by atoms with Crippen molar-refractivity contribution in [2.45, 2.75) is 56.1 Å². The van der Waals surface area contributed by atoms with Gasteiger partial charge in [-0.05, 0) is 44.0 Å². The molecule has 1 N–H and O–H groups in total. The number of aryl methyl sites for hydroxylation is 1. The second-order valence-electron chi connectivity index (χ2n) is 9.63. The first-order valence-electron chi connectivity index (χ1n) is 12.2. The van der Waals surface area contributed by atoms with E-state index in [9.17, 15) is 30.4 Å². The molecule has 5 rings (SSSR count). The van der Waals surface area contributed by atoms with Crippen LogP contribution in [0.3, 0.4) is 0 Å². The minimum absolute atomic E-state index is 0.219. The second-order valence-corrected chi connectivity index (χ2v) is 11.4. The molecule has 1 aliphatic rings. The molecule has 1 fully saturated rings. The van der Waals surface area contributed by atoms with Crippen LogP contribution < -0.4 is 5.32 Å². The maximum absolute atomic E-state index is 15.1. The molecule has 0 saturated heterocycles. The number of nitrogens with one attached hydrogen (secondary N) is 1. The Kier molecular flexibility index (Phi) is 6.86. The molecule has 206 valence electrons. The predicted molar refractivity (Wildman–Crippen MR) is 134 cm³/mol. The first-order valence-corrected chi connectivity index (χ1v) is 13.7. The molecule has 2 heterocycles. The van der Waals surface area contributed by atoms with Gasteiger partial charge in [0.15, 0.2) is 17.5 Å². The molecule has 0 radical (unpaired) electrons. The van der Waals surface area contributed by atoms with Gasteiger partial charge in [0.05, 0.1) is 16.2 Å². The van der Waals surface area contributed by atoms with Crippen LogP contribution in [-0.2, 0) is 16.2 Å². The highest BCUT2D eigenvalue weighted by atomic mass is 32.2. The minimum atomic E-state index is -5.11. The Hall–Kier alpha value is -3.54. The summed E-state index contributed by atoms with van der Waals surface area (Å²) in [4.78, 5) is 3.67. The second kappa shape index (κ2) is 9.89. The molecule has 12 heteroatoms. The molecule has 2 aromatic heterocycles. The Labute approximate surface area is 220 Å². The molecule has 0 amide bonds. The smallest absolute Gasteiger partial charge is 0.365 e. The number of halogens is 6. The summed E-state index contributed by atoms with van der Waals surface area (Å²) < 4.78 is 114. The average Bonchev–Trinajstić information content (AvgIpc) is 3.26. The van der Waals surface area contributed by atoms with Gasteiger partial charge in [-0.1, -0.05) is 37.0 Å². The van der Waals surface area contributed by atoms with Crippen LogP contribution in [0.4, 0.5) is 32.2 Å². The van der Waals surface area contributed by atoms with Gasteiger partial charge < -0.3 is 5.32 Å². The number of nitrogens with zero attached hydrogens (tertiary/aromatic N) is 2. The highest BCUT2D eigenvalue weighted by Gasteiger charge is 2.38. The number of rotatable bonds is 5. The average molecular weight is 568 g/mol. The molecule has 4 aromatic rings. The lowest BCUT2D eigenvalue weighted by molar-refractivity contribution is -0.137. The third kappa shape index (κ3) is 5.09. The Morgan fingerprint density at radius 1 is 0.949 bits per heavy atom. The van der Waals surface area contributed by atoms with Crippen LogP contribution in [0.1, 0.15) is 43.2 Å². The van der Waals surface area contributed by atoms with Crippen molar-refractivity contribution in [1.29, 1.82) is 0 Å². The first kappa shape index (κ1) is 27.0. The summed E-state index contributed by atoms with van der Waals surface area (Å²) in [5, 5.41) is 2.39. The highest BCUT2D eigenvalue weighted by Crippen LogP contribution is 2.42. The first-order chi connectivity index (χ1) is 18.4. The van der Waals surface area contributed by atoms with E-state index in [2.05, 4.69) is 10.3 Å². The Bertz CT molecular complexity index is 1660. The van der Waals surface area contributed by atoms with Crippen LogP contribution in [0.2, 0.25) is 0 Å². The monoisotopic (exact) mass is 567 g/mol. The van der Waals surface area contributed by atoms with Crippen LogP contribution >= 0.6 is 0 Å². The topological polar surface area (TPSA) is 64.0 Å². The number of hydrogen-bond donors (Lipinski definition) is 1. The molecule has 39 heavy (non-hydrogen) atoms. The molecular weight excluding hydrogens is 544 g/mol. The zero-order chi connectivity index (χ0) is 28.1. The fourth-order valence-corrected chi connectivity index (χ4v) is 6.28. The Morgan fingerprint density at radius 3 is 2.26 bits per heavy atom. The van der Waals surface area contributed by atoms with Gasteiger partial charge in [0.2, 0.25) is 0 Å². The number of aromatic nitrogens is 2. The van der Waals surface area contributed by atoms with Crippen molar-refractivity contribution in [2.75, 3.05) is 5.32 Å². The van der Waals surface area contributed by atoms with E-state index in [1.165, 1.54) is 24.3 Å². The number of hydrogen-bond acceptors (Lipinski definition) is 4. The number of benzene rings is 2. The molecular formula is C27H23F6N3O2S. The molecule has 0 spiro atoms. The quantitative estimate of drug-likeness (QED) is 0.255.